The second-order valence-electron chi connectivity index (χ2n) is 8.28. The largest absolute Gasteiger partial charge is 0.374 e. The second kappa shape index (κ2) is 14.0. The van der Waals surface area contributed by atoms with E-state index in [4.69, 9.17) is 0 Å². The third kappa shape index (κ3) is 8.83. The van der Waals surface area contributed by atoms with Crippen LogP contribution in [0.3, 0.4) is 0 Å². The first-order chi connectivity index (χ1) is 15.5. The Morgan fingerprint density at radius 2 is 1.97 bits per heavy atom. The Labute approximate surface area is 213 Å². The van der Waals surface area contributed by atoms with Crippen molar-refractivity contribution in [1.29, 1.82) is 0 Å². The van der Waals surface area contributed by atoms with Crippen molar-refractivity contribution in [1.82, 2.24) is 15.5 Å². The maximum Gasteiger partial charge on any atom is 0.223 e. The minimum atomic E-state index is -0.221. The van der Waals surface area contributed by atoms with Crippen LogP contribution in [0.2, 0.25) is 0 Å². The molecule has 0 bridgehead atoms. The number of carbonyl (C=O) groups excluding carboxylic acids is 1. The van der Waals surface area contributed by atoms with Crippen LogP contribution in [0.25, 0.3) is 0 Å². The van der Waals surface area contributed by atoms with E-state index in [-0.39, 0.29) is 41.6 Å². The zero-order valence-corrected chi connectivity index (χ0v) is 21.8. The monoisotopic (exact) mass is 567 g/mol. The first kappa shape index (κ1) is 26.9. The van der Waals surface area contributed by atoms with Gasteiger partial charge in [-0.3, -0.25) is 9.79 Å². The van der Waals surface area contributed by atoms with E-state index in [0.717, 1.165) is 57.2 Å². The SMILES string of the molecule is CN=C(NCCCN(C)c1cccc(F)c1)NCC1CC(=O)N(CCc2ccccc2)C1.I. The van der Waals surface area contributed by atoms with Gasteiger partial charge in [-0.2, -0.15) is 0 Å². The van der Waals surface area contributed by atoms with Crippen molar-refractivity contribution >= 4 is 41.5 Å². The van der Waals surface area contributed by atoms with Crippen molar-refractivity contribution in [2.24, 2.45) is 10.9 Å². The molecule has 3 rings (SSSR count). The molecule has 0 aromatic heterocycles. The predicted molar refractivity (Wildman–Crippen MR) is 144 cm³/mol. The molecule has 1 heterocycles. The van der Waals surface area contributed by atoms with Crippen LogP contribution in [-0.2, 0) is 11.2 Å². The summed E-state index contributed by atoms with van der Waals surface area (Å²) < 4.78 is 13.4. The van der Waals surface area contributed by atoms with E-state index in [2.05, 4.69) is 27.8 Å². The molecule has 1 saturated heterocycles. The minimum absolute atomic E-state index is 0. The summed E-state index contributed by atoms with van der Waals surface area (Å²) in [4.78, 5) is 20.6. The number of hydrogen-bond donors (Lipinski definition) is 2. The Kier molecular flexibility index (Phi) is 11.4. The molecule has 2 aromatic carbocycles. The molecule has 1 aliphatic heterocycles. The Hall–Kier alpha value is -2.36. The van der Waals surface area contributed by atoms with Gasteiger partial charge in [0.2, 0.25) is 5.91 Å². The third-order valence-electron chi connectivity index (χ3n) is 5.80. The molecule has 6 nitrogen and oxygen atoms in total. The summed E-state index contributed by atoms with van der Waals surface area (Å²) in [5.41, 5.74) is 2.13. The summed E-state index contributed by atoms with van der Waals surface area (Å²) in [6.45, 7) is 3.84. The highest BCUT2D eigenvalue weighted by atomic mass is 127. The Bertz CT molecular complexity index is 895. The van der Waals surface area contributed by atoms with Crippen molar-refractivity contribution in [2.75, 3.05) is 51.7 Å². The van der Waals surface area contributed by atoms with Crippen molar-refractivity contribution in [3.63, 3.8) is 0 Å². The molecule has 180 valence electrons. The number of guanidine groups is 1. The quantitative estimate of drug-likeness (QED) is 0.200. The van der Waals surface area contributed by atoms with Crippen LogP contribution >= 0.6 is 24.0 Å². The Morgan fingerprint density at radius 3 is 2.70 bits per heavy atom. The van der Waals surface area contributed by atoms with Gasteiger partial charge in [0.15, 0.2) is 5.96 Å². The van der Waals surface area contributed by atoms with Crippen molar-refractivity contribution in [2.45, 2.75) is 19.3 Å². The lowest BCUT2D eigenvalue weighted by Crippen LogP contribution is -2.41. The first-order valence-electron chi connectivity index (χ1n) is 11.3. The van der Waals surface area contributed by atoms with E-state index < -0.39 is 0 Å². The highest BCUT2D eigenvalue weighted by Crippen LogP contribution is 2.18. The number of rotatable bonds is 10. The van der Waals surface area contributed by atoms with Gasteiger partial charge in [-0.15, -0.1) is 24.0 Å². The summed E-state index contributed by atoms with van der Waals surface area (Å²) in [6.07, 6.45) is 2.36. The van der Waals surface area contributed by atoms with Gasteiger partial charge in [-0.1, -0.05) is 36.4 Å². The van der Waals surface area contributed by atoms with E-state index in [9.17, 15) is 9.18 Å². The number of aliphatic imine (C=N–C) groups is 1. The molecule has 1 atom stereocenters. The molecule has 0 spiro atoms. The van der Waals surface area contributed by atoms with Crippen LogP contribution in [0.5, 0.6) is 0 Å². The maximum atomic E-state index is 13.4. The van der Waals surface area contributed by atoms with Gasteiger partial charge in [0, 0.05) is 64.8 Å². The van der Waals surface area contributed by atoms with Crippen molar-refractivity contribution in [3.05, 3.63) is 66.0 Å². The van der Waals surface area contributed by atoms with Gasteiger partial charge < -0.3 is 20.4 Å². The highest BCUT2D eigenvalue weighted by molar-refractivity contribution is 14.0. The van der Waals surface area contributed by atoms with E-state index in [1.165, 1.54) is 11.6 Å². The Morgan fingerprint density at radius 1 is 1.18 bits per heavy atom. The van der Waals surface area contributed by atoms with Gasteiger partial charge in [0.1, 0.15) is 5.82 Å². The van der Waals surface area contributed by atoms with Crippen LogP contribution in [0, 0.1) is 11.7 Å². The predicted octanol–water partition coefficient (Wildman–Crippen LogP) is 3.53. The molecule has 1 amide bonds. The van der Waals surface area contributed by atoms with E-state index in [0.29, 0.717) is 6.42 Å². The molecule has 0 saturated carbocycles. The van der Waals surface area contributed by atoms with Gasteiger partial charge in [0.25, 0.3) is 0 Å². The summed E-state index contributed by atoms with van der Waals surface area (Å²) in [5, 5.41) is 6.67. The molecular weight excluding hydrogens is 532 g/mol. The third-order valence-corrected chi connectivity index (χ3v) is 5.80. The van der Waals surface area contributed by atoms with Crippen LogP contribution in [-0.4, -0.2) is 63.6 Å². The van der Waals surface area contributed by atoms with E-state index in [1.807, 2.05) is 41.1 Å². The standard InChI is InChI=1S/C25H34FN5O.HI/c1-27-25(28-13-7-14-30(2)23-11-6-10-22(26)17-23)29-18-21-16-24(32)31(19-21)15-12-20-8-4-3-5-9-20;/h3-6,8-11,17,21H,7,12-16,18-19H2,1-2H3,(H2,27,28,29);1H. The van der Waals surface area contributed by atoms with Crippen LogP contribution in [0.15, 0.2) is 59.6 Å². The summed E-state index contributed by atoms with van der Waals surface area (Å²) in [7, 11) is 3.71. The molecule has 8 heteroatoms. The molecule has 1 fully saturated rings. The average Bonchev–Trinajstić information content (AvgIpc) is 3.17. The fourth-order valence-electron chi connectivity index (χ4n) is 3.94. The van der Waals surface area contributed by atoms with Gasteiger partial charge in [-0.25, -0.2) is 4.39 Å². The molecular formula is C25H35FIN5O. The number of benzene rings is 2. The molecule has 1 unspecified atom stereocenters. The number of hydrogen-bond acceptors (Lipinski definition) is 3. The normalized spacial score (nSPS) is 15.8. The topological polar surface area (TPSA) is 60.0 Å². The Balaban J connectivity index is 0.00000385. The minimum Gasteiger partial charge on any atom is -0.374 e. The van der Waals surface area contributed by atoms with Crippen molar-refractivity contribution < 1.29 is 9.18 Å². The number of carbonyl (C=O) groups is 1. The zero-order chi connectivity index (χ0) is 22.8. The molecule has 2 aromatic rings. The number of nitrogens with one attached hydrogen (secondary N) is 2. The van der Waals surface area contributed by atoms with Crippen LogP contribution < -0.4 is 15.5 Å². The summed E-state index contributed by atoms with van der Waals surface area (Å²) in [5.74, 6) is 1.04. The maximum absolute atomic E-state index is 13.4. The average molecular weight is 567 g/mol. The number of nitrogens with zero attached hydrogens (tertiary/aromatic N) is 3. The molecule has 0 aliphatic carbocycles. The number of halogens is 2. The fourth-order valence-corrected chi connectivity index (χ4v) is 3.94. The van der Waals surface area contributed by atoms with E-state index in [1.54, 1.807) is 19.2 Å². The molecule has 2 N–H and O–H groups in total. The summed E-state index contributed by atoms with van der Waals surface area (Å²) >= 11 is 0. The molecule has 0 radical (unpaired) electrons. The molecule has 1 aliphatic rings. The highest BCUT2D eigenvalue weighted by Gasteiger charge is 2.29. The van der Waals surface area contributed by atoms with Gasteiger partial charge in [-0.05, 0) is 36.6 Å². The van der Waals surface area contributed by atoms with Crippen molar-refractivity contribution in [3.8, 4) is 0 Å². The van der Waals surface area contributed by atoms with Gasteiger partial charge in [0.05, 0.1) is 0 Å². The lowest BCUT2D eigenvalue weighted by molar-refractivity contribution is -0.127. The number of anilines is 1. The lowest BCUT2D eigenvalue weighted by atomic mass is 10.1. The van der Waals surface area contributed by atoms with E-state index >= 15 is 0 Å². The van der Waals surface area contributed by atoms with Crippen LogP contribution in [0.1, 0.15) is 18.4 Å². The smallest absolute Gasteiger partial charge is 0.223 e. The number of likely N-dealkylation sites (tertiary alicyclic amines) is 1. The zero-order valence-electron chi connectivity index (χ0n) is 19.5. The second-order valence-corrected chi connectivity index (χ2v) is 8.28. The first-order valence-corrected chi connectivity index (χ1v) is 11.3. The fraction of sp³-hybridized carbons (Fsp3) is 0.440. The number of amides is 1. The lowest BCUT2D eigenvalue weighted by Gasteiger charge is -2.20. The summed E-state index contributed by atoms with van der Waals surface area (Å²) in [6, 6.07) is 16.9. The molecule has 33 heavy (non-hydrogen) atoms. The van der Waals surface area contributed by atoms with Gasteiger partial charge >= 0.3 is 0 Å². The van der Waals surface area contributed by atoms with Crippen LogP contribution in [0.4, 0.5) is 10.1 Å².